The average molecular weight is 599 g/mol. The third-order valence-corrected chi connectivity index (χ3v) is 6.49. The number of benzene rings is 2. The minimum absolute atomic E-state index is 0.203. The van der Waals surface area contributed by atoms with E-state index in [4.69, 9.17) is 31.2 Å². The zero-order valence-corrected chi connectivity index (χ0v) is 22.0. The number of nitrogens with zero attached hydrogens (tertiary/aromatic N) is 1. The predicted molar refractivity (Wildman–Crippen MR) is 141 cm³/mol. The number of thioether (sulfide) groups is 1. The summed E-state index contributed by atoms with van der Waals surface area (Å²) >= 11 is 8.79. The van der Waals surface area contributed by atoms with Crippen LogP contribution in [0.2, 0.25) is 0 Å². The van der Waals surface area contributed by atoms with Crippen molar-refractivity contribution < 1.29 is 28.5 Å². The summed E-state index contributed by atoms with van der Waals surface area (Å²) in [7, 11) is 1.51. The molecule has 1 saturated heterocycles. The van der Waals surface area contributed by atoms with Crippen molar-refractivity contribution in [2.75, 3.05) is 31.8 Å². The molecule has 0 aromatic heterocycles. The first kappa shape index (κ1) is 25.3. The Kier molecular flexibility index (Phi) is 8.98. The van der Waals surface area contributed by atoms with Gasteiger partial charge in [0.2, 0.25) is 0 Å². The van der Waals surface area contributed by atoms with Gasteiger partial charge in [-0.3, -0.25) is 9.69 Å². The fourth-order valence-electron chi connectivity index (χ4n) is 3.00. The number of carbonyl (C=O) groups is 2. The monoisotopic (exact) mass is 599 g/mol. The smallest absolute Gasteiger partial charge is 0.344 e. The molecular weight excluding hydrogens is 577 g/mol. The number of rotatable bonds is 9. The highest BCUT2D eigenvalue weighted by atomic mass is 127. The van der Waals surface area contributed by atoms with Gasteiger partial charge in [0, 0.05) is 0 Å². The zero-order valence-electron chi connectivity index (χ0n) is 18.3. The Morgan fingerprint density at radius 3 is 2.52 bits per heavy atom. The minimum Gasteiger partial charge on any atom is -0.494 e. The lowest BCUT2D eigenvalue weighted by atomic mass is 10.1. The maximum Gasteiger partial charge on any atom is 0.344 e. The van der Waals surface area contributed by atoms with E-state index in [0.717, 1.165) is 14.9 Å². The van der Waals surface area contributed by atoms with Crippen LogP contribution in [-0.2, 0) is 14.3 Å². The van der Waals surface area contributed by atoms with Crippen molar-refractivity contribution in [2.45, 2.75) is 13.8 Å². The predicted octanol–water partition coefficient (Wildman–Crippen LogP) is 5.05. The van der Waals surface area contributed by atoms with Gasteiger partial charge in [-0.15, -0.1) is 0 Å². The van der Waals surface area contributed by atoms with Gasteiger partial charge in [0.1, 0.15) is 5.75 Å². The van der Waals surface area contributed by atoms with Crippen molar-refractivity contribution in [3.8, 4) is 17.2 Å². The molecule has 0 radical (unpaired) electrons. The van der Waals surface area contributed by atoms with Crippen molar-refractivity contribution in [2.24, 2.45) is 0 Å². The van der Waals surface area contributed by atoms with Crippen molar-refractivity contribution >= 4 is 74.5 Å². The second-order valence-corrected chi connectivity index (χ2v) is 9.41. The highest BCUT2D eigenvalue weighted by molar-refractivity contribution is 14.1. The van der Waals surface area contributed by atoms with Crippen molar-refractivity contribution in [1.29, 1.82) is 0 Å². The molecule has 174 valence electrons. The molecule has 2 aromatic rings. The topological polar surface area (TPSA) is 74.3 Å². The highest BCUT2D eigenvalue weighted by Crippen LogP contribution is 2.39. The largest absolute Gasteiger partial charge is 0.494 e. The quantitative estimate of drug-likeness (QED) is 0.172. The fourth-order valence-corrected chi connectivity index (χ4v) is 5.08. The highest BCUT2D eigenvalue weighted by Gasteiger charge is 2.33. The number of hydrogen-bond donors (Lipinski definition) is 0. The van der Waals surface area contributed by atoms with E-state index in [0.29, 0.717) is 33.0 Å². The number of halogens is 1. The summed E-state index contributed by atoms with van der Waals surface area (Å²) in [5.74, 6) is 0.946. The maximum atomic E-state index is 13.1. The maximum absolute atomic E-state index is 13.1. The molecule has 1 aliphatic rings. The zero-order chi connectivity index (χ0) is 24.0. The molecule has 0 N–H and O–H groups in total. The normalized spacial score (nSPS) is 14.5. The van der Waals surface area contributed by atoms with Gasteiger partial charge in [-0.2, -0.15) is 0 Å². The summed E-state index contributed by atoms with van der Waals surface area (Å²) in [6.45, 7) is 4.27. The van der Waals surface area contributed by atoms with Crippen LogP contribution in [0, 0.1) is 3.57 Å². The number of thiocarbonyl (C=S) groups is 1. The number of methoxy groups -OCH3 is 1. The summed E-state index contributed by atoms with van der Waals surface area (Å²) in [6.07, 6.45) is 1.76. The molecule has 2 aromatic carbocycles. The van der Waals surface area contributed by atoms with Crippen LogP contribution >= 0.6 is 46.6 Å². The van der Waals surface area contributed by atoms with E-state index >= 15 is 0 Å². The van der Waals surface area contributed by atoms with Crippen LogP contribution in [-0.4, -0.2) is 43.1 Å². The van der Waals surface area contributed by atoms with Crippen LogP contribution in [0.5, 0.6) is 17.2 Å². The van der Waals surface area contributed by atoms with Crippen molar-refractivity contribution in [3.05, 3.63) is 50.4 Å². The Hall–Kier alpha value is -2.31. The molecule has 1 aliphatic heterocycles. The molecule has 10 heteroatoms. The van der Waals surface area contributed by atoms with Gasteiger partial charge in [0.05, 0.1) is 34.5 Å². The number of anilines is 1. The van der Waals surface area contributed by atoms with Crippen LogP contribution in [0.1, 0.15) is 19.4 Å². The van der Waals surface area contributed by atoms with Gasteiger partial charge in [-0.1, -0.05) is 24.0 Å². The summed E-state index contributed by atoms with van der Waals surface area (Å²) in [5.41, 5.74) is 1.42. The van der Waals surface area contributed by atoms with Gasteiger partial charge in [-0.25, -0.2) is 4.79 Å². The Balaban J connectivity index is 1.82. The SMILES string of the molecule is CCOC(=O)COc1c(I)cc(/C=C2/SC(=S)N(c3ccc(OCC)cc3)C2=O)cc1OC. The summed E-state index contributed by atoms with van der Waals surface area (Å²) < 4.78 is 22.6. The minimum atomic E-state index is -0.461. The van der Waals surface area contributed by atoms with E-state index in [2.05, 4.69) is 22.6 Å². The molecule has 0 aliphatic carbocycles. The van der Waals surface area contributed by atoms with Gasteiger partial charge in [-0.05, 0) is 84.5 Å². The summed E-state index contributed by atoms with van der Waals surface area (Å²) in [6, 6.07) is 10.8. The van der Waals surface area contributed by atoms with Crippen LogP contribution in [0.15, 0.2) is 41.3 Å². The van der Waals surface area contributed by atoms with E-state index in [9.17, 15) is 9.59 Å². The third-order valence-electron chi connectivity index (χ3n) is 4.39. The van der Waals surface area contributed by atoms with Gasteiger partial charge >= 0.3 is 5.97 Å². The van der Waals surface area contributed by atoms with E-state index in [-0.39, 0.29) is 19.1 Å². The molecule has 0 saturated carbocycles. The first-order chi connectivity index (χ1) is 15.9. The van der Waals surface area contributed by atoms with E-state index in [1.807, 2.05) is 25.1 Å². The van der Waals surface area contributed by atoms with Gasteiger partial charge in [0.15, 0.2) is 22.4 Å². The van der Waals surface area contributed by atoms with Gasteiger partial charge in [0.25, 0.3) is 5.91 Å². The molecule has 0 atom stereocenters. The van der Waals surface area contributed by atoms with Crippen molar-refractivity contribution in [3.63, 3.8) is 0 Å². The lowest BCUT2D eigenvalue weighted by molar-refractivity contribution is -0.145. The Morgan fingerprint density at radius 2 is 1.88 bits per heavy atom. The molecule has 1 heterocycles. The van der Waals surface area contributed by atoms with Crippen LogP contribution in [0.4, 0.5) is 5.69 Å². The van der Waals surface area contributed by atoms with Crippen LogP contribution < -0.4 is 19.1 Å². The molecule has 3 rings (SSSR count). The number of amides is 1. The molecular formula is C23H22INO6S2. The summed E-state index contributed by atoms with van der Waals surface area (Å²) in [5, 5.41) is 0. The van der Waals surface area contributed by atoms with Crippen molar-refractivity contribution in [1.82, 2.24) is 0 Å². The lowest BCUT2D eigenvalue weighted by Gasteiger charge is -2.15. The van der Waals surface area contributed by atoms with Crippen LogP contribution in [0.3, 0.4) is 0 Å². The molecule has 0 spiro atoms. The van der Waals surface area contributed by atoms with Gasteiger partial charge < -0.3 is 18.9 Å². The number of esters is 1. The molecule has 1 amide bonds. The Bertz CT molecular complexity index is 1090. The lowest BCUT2D eigenvalue weighted by Crippen LogP contribution is -2.27. The van der Waals surface area contributed by atoms with E-state index < -0.39 is 5.97 Å². The number of ether oxygens (including phenoxy) is 4. The number of carbonyl (C=O) groups excluding carboxylic acids is 2. The van der Waals surface area contributed by atoms with E-state index in [1.165, 1.54) is 23.8 Å². The first-order valence-electron chi connectivity index (χ1n) is 10.0. The molecule has 1 fully saturated rings. The third kappa shape index (κ3) is 6.18. The van der Waals surface area contributed by atoms with E-state index in [1.54, 1.807) is 31.2 Å². The molecule has 0 bridgehead atoms. The molecule has 33 heavy (non-hydrogen) atoms. The van der Waals surface area contributed by atoms with Crippen LogP contribution in [0.25, 0.3) is 6.08 Å². The number of hydrogen-bond acceptors (Lipinski definition) is 8. The second-order valence-electron chi connectivity index (χ2n) is 6.57. The summed E-state index contributed by atoms with van der Waals surface area (Å²) in [4.78, 5) is 26.7. The fraction of sp³-hybridized carbons (Fsp3) is 0.261. The standard InChI is InChI=1S/C23H22INO6S2/c1-4-29-16-8-6-15(7-9-16)25-22(27)19(33-23(25)32)12-14-10-17(24)21(18(11-14)28-3)31-13-20(26)30-5-2/h6-12H,4-5,13H2,1-3H3/b19-12+. The molecule has 0 unspecified atom stereocenters. The Morgan fingerprint density at radius 1 is 1.15 bits per heavy atom. The Labute approximate surface area is 215 Å². The first-order valence-corrected chi connectivity index (χ1v) is 12.3. The average Bonchev–Trinajstić information content (AvgIpc) is 3.06. The second kappa shape index (κ2) is 11.7. The molecule has 7 nitrogen and oxygen atoms in total.